The van der Waals surface area contributed by atoms with Gasteiger partial charge >= 0.3 is 0 Å². The number of ether oxygens (including phenoxy) is 2. The summed E-state index contributed by atoms with van der Waals surface area (Å²) in [5, 5.41) is 5.08. The first-order valence-corrected chi connectivity index (χ1v) is 13.4. The number of rotatable bonds is 7. The minimum Gasteiger partial charge on any atom is -0.490 e. The topological polar surface area (TPSA) is 65.7 Å². The van der Waals surface area contributed by atoms with Crippen molar-refractivity contribution in [2.45, 2.75) is 59.5 Å². The first kappa shape index (κ1) is 26.9. The van der Waals surface area contributed by atoms with Crippen molar-refractivity contribution in [3.05, 3.63) is 59.4 Å². The van der Waals surface area contributed by atoms with E-state index in [0.29, 0.717) is 34.8 Å². The lowest BCUT2D eigenvalue weighted by atomic mass is 9.95. The molecule has 0 spiro atoms. The lowest BCUT2D eigenvalue weighted by Gasteiger charge is -2.21. The van der Waals surface area contributed by atoms with E-state index < -0.39 is 5.41 Å². The third kappa shape index (κ3) is 5.74. The van der Waals surface area contributed by atoms with Gasteiger partial charge in [-0.1, -0.05) is 43.6 Å². The number of hydrogen-bond acceptors (Lipinski definition) is 5. The maximum Gasteiger partial charge on any atom is 0.282 e. The molecule has 1 heterocycles. The number of benzene rings is 2. The Morgan fingerprint density at radius 3 is 2.47 bits per heavy atom. The lowest BCUT2D eigenvalue weighted by molar-refractivity contribution is 0.201. The molecular formula is C25H28Br3N3O3. The third-order valence-electron chi connectivity index (χ3n) is 5.14. The lowest BCUT2D eigenvalue weighted by Crippen LogP contribution is -2.29. The predicted molar refractivity (Wildman–Crippen MR) is 149 cm³/mol. The zero-order chi connectivity index (χ0) is 25.2. The number of halogens is 3. The highest BCUT2D eigenvalue weighted by atomic mass is 79.9. The molecule has 0 amide bonds. The first-order valence-electron chi connectivity index (χ1n) is 11.1. The van der Waals surface area contributed by atoms with Crippen LogP contribution in [0, 0.1) is 0 Å². The molecule has 9 heteroatoms. The van der Waals surface area contributed by atoms with E-state index in [-0.39, 0.29) is 11.7 Å². The SMILES string of the molecule is CCOc1cc(C=Nn2c(C(C)(C)C)nc3ccc(Br)cc3c2=O)c(Br)c(Br)c1O[C@@H](C)CC. The van der Waals surface area contributed by atoms with Crippen molar-refractivity contribution >= 4 is 64.9 Å². The fraction of sp³-hybridized carbons (Fsp3) is 0.400. The minimum absolute atomic E-state index is 0.0258. The van der Waals surface area contributed by atoms with Crippen LogP contribution in [0.15, 0.2) is 47.6 Å². The van der Waals surface area contributed by atoms with Crippen LogP contribution < -0.4 is 15.0 Å². The fourth-order valence-corrected chi connectivity index (χ4v) is 4.49. The van der Waals surface area contributed by atoms with E-state index in [1.807, 2.05) is 52.8 Å². The van der Waals surface area contributed by atoms with Gasteiger partial charge in [0.15, 0.2) is 11.5 Å². The van der Waals surface area contributed by atoms with Crippen LogP contribution in [0.1, 0.15) is 59.4 Å². The van der Waals surface area contributed by atoms with E-state index in [0.717, 1.165) is 25.4 Å². The molecule has 0 N–H and O–H groups in total. The van der Waals surface area contributed by atoms with Gasteiger partial charge in [-0.25, -0.2) is 4.98 Å². The Labute approximate surface area is 225 Å². The van der Waals surface area contributed by atoms with Gasteiger partial charge in [0, 0.05) is 19.9 Å². The third-order valence-corrected chi connectivity index (χ3v) is 7.78. The summed E-state index contributed by atoms with van der Waals surface area (Å²) < 4.78 is 15.6. The molecule has 0 radical (unpaired) electrons. The summed E-state index contributed by atoms with van der Waals surface area (Å²) in [7, 11) is 0. The Morgan fingerprint density at radius 2 is 1.85 bits per heavy atom. The van der Waals surface area contributed by atoms with Crippen LogP contribution in [0.5, 0.6) is 11.5 Å². The second kappa shape index (κ2) is 10.9. The molecule has 0 aliphatic rings. The summed E-state index contributed by atoms with van der Waals surface area (Å²) in [5.41, 5.74) is 0.732. The second-order valence-corrected chi connectivity index (χ2v) is 11.4. The van der Waals surface area contributed by atoms with Crippen LogP contribution >= 0.6 is 47.8 Å². The Kier molecular flexibility index (Phi) is 8.63. The van der Waals surface area contributed by atoms with Crippen LogP contribution in [-0.2, 0) is 5.41 Å². The van der Waals surface area contributed by atoms with Crippen molar-refractivity contribution in [1.29, 1.82) is 0 Å². The van der Waals surface area contributed by atoms with Crippen LogP contribution in [0.25, 0.3) is 10.9 Å². The highest BCUT2D eigenvalue weighted by molar-refractivity contribution is 9.13. The first-order chi connectivity index (χ1) is 16.0. The summed E-state index contributed by atoms with van der Waals surface area (Å²) >= 11 is 10.7. The van der Waals surface area contributed by atoms with Gasteiger partial charge in [0.05, 0.1) is 34.3 Å². The number of hydrogen-bond donors (Lipinski definition) is 0. The van der Waals surface area contributed by atoms with Crippen molar-refractivity contribution < 1.29 is 9.47 Å². The second-order valence-electron chi connectivity index (χ2n) is 8.90. The minimum atomic E-state index is -0.403. The predicted octanol–water partition coefficient (Wildman–Crippen LogP) is 7.44. The molecule has 0 saturated heterocycles. The Balaban J connectivity index is 2.19. The molecule has 0 aliphatic heterocycles. The largest absolute Gasteiger partial charge is 0.490 e. The molecule has 1 aromatic heterocycles. The van der Waals surface area contributed by atoms with Crippen molar-refractivity contribution in [3.8, 4) is 11.5 Å². The number of fused-ring (bicyclic) bond motifs is 1. The normalized spacial score (nSPS) is 13.0. The van der Waals surface area contributed by atoms with Crippen LogP contribution in [-0.4, -0.2) is 28.6 Å². The maximum atomic E-state index is 13.4. The van der Waals surface area contributed by atoms with Crippen LogP contribution in [0.3, 0.4) is 0 Å². The van der Waals surface area contributed by atoms with E-state index in [1.54, 1.807) is 12.3 Å². The summed E-state index contributed by atoms with van der Waals surface area (Å²) in [5.74, 6) is 1.80. The highest BCUT2D eigenvalue weighted by Gasteiger charge is 2.23. The average molecular weight is 658 g/mol. The molecule has 6 nitrogen and oxygen atoms in total. The standard InChI is InChI=1S/C25H28Br3N3O3/c1-7-14(3)34-22-19(33-8-2)11-15(20(27)21(22)28)13-29-31-23(32)17-12-16(26)9-10-18(17)30-24(31)25(4,5)6/h9-14H,7-8H2,1-6H3/t14-/m0/s1. The molecule has 3 aromatic rings. The van der Waals surface area contributed by atoms with Gasteiger partial charge in [-0.2, -0.15) is 9.78 Å². The van der Waals surface area contributed by atoms with Crippen molar-refractivity contribution in [1.82, 2.24) is 9.66 Å². The van der Waals surface area contributed by atoms with Crippen LogP contribution in [0.2, 0.25) is 0 Å². The molecule has 3 rings (SSSR count). The Hall–Kier alpha value is -1.71. The van der Waals surface area contributed by atoms with Crippen molar-refractivity contribution in [2.24, 2.45) is 5.10 Å². The van der Waals surface area contributed by atoms with Gasteiger partial charge in [-0.3, -0.25) is 4.79 Å². The molecule has 34 heavy (non-hydrogen) atoms. The molecule has 182 valence electrons. The van der Waals surface area contributed by atoms with E-state index in [2.05, 4.69) is 59.8 Å². The smallest absolute Gasteiger partial charge is 0.282 e. The molecule has 2 aromatic carbocycles. The number of aromatic nitrogens is 2. The van der Waals surface area contributed by atoms with Gasteiger partial charge in [0.1, 0.15) is 5.82 Å². The van der Waals surface area contributed by atoms with Gasteiger partial charge in [-0.15, -0.1) is 0 Å². The quantitative estimate of drug-likeness (QED) is 0.248. The fourth-order valence-electron chi connectivity index (χ4n) is 3.22. The summed E-state index contributed by atoms with van der Waals surface area (Å²) in [6, 6.07) is 7.33. The van der Waals surface area contributed by atoms with Gasteiger partial charge < -0.3 is 9.47 Å². The monoisotopic (exact) mass is 655 g/mol. The van der Waals surface area contributed by atoms with E-state index in [1.165, 1.54) is 4.68 Å². The highest BCUT2D eigenvalue weighted by Crippen LogP contribution is 2.43. The number of nitrogens with zero attached hydrogens (tertiary/aromatic N) is 3. The van der Waals surface area contributed by atoms with Gasteiger partial charge in [0.25, 0.3) is 5.56 Å². The average Bonchev–Trinajstić information content (AvgIpc) is 2.78. The zero-order valence-electron chi connectivity index (χ0n) is 20.1. The summed E-state index contributed by atoms with van der Waals surface area (Å²) in [4.78, 5) is 18.2. The molecular weight excluding hydrogens is 630 g/mol. The van der Waals surface area contributed by atoms with E-state index in [9.17, 15) is 4.79 Å². The van der Waals surface area contributed by atoms with Crippen molar-refractivity contribution in [2.75, 3.05) is 6.61 Å². The maximum absolute atomic E-state index is 13.4. The van der Waals surface area contributed by atoms with E-state index in [4.69, 9.17) is 14.5 Å². The van der Waals surface area contributed by atoms with Gasteiger partial charge in [-0.05, 0) is 76.4 Å². The molecule has 0 unspecified atom stereocenters. The molecule has 0 aliphatic carbocycles. The van der Waals surface area contributed by atoms with E-state index >= 15 is 0 Å². The molecule has 0 fully saturated rings. The summed E-state index contributed by atoms with van der Waals surface area (Å²) in [6.07, 6.45) is 2.52. The molecule has 0 bridgehead atoms. The Bertz CT molecular complexity index is 1300. The van der Waals surface area contributed by atoms with Gasteiger partial charge in [0.2, 0.25) is 0 Å². The summed E-state index contributed by atoms with van der Waals surface area (Å²) in [6.45, 7) is 12.5. The Morgan fingerprint density at radius 1 is 1.15 bits per heavy atom. The molecule has 1 atom stereocenters. The van der Waals surface area contributed by atoms with Crippen molar-refractivity contribution in [3.63, 3.8) is 0 Å². The zero-order valence-corrected chi connectivity index (χ0v) is 24.8. The van der Waals surface area contributed by atoms with Crippen LogP contribution in [0.4, 0.5) is 0 Å². The molecule has 0 saturated carbocycles.